The zero-order valence-electron chi connectivity index (χ0n) is 7.70. The molecule has 0 fully saturated rings. The lowest BCUT2D eigenvalue weighted by atomic mass is 10.1. The molecule has 0 bridgehead atoms. The summed E-state index contributed by atoms with van der Waals surface area (Å²) in [7, 11) is 1.03. The minimum absolute atomic E-state index is 0.164. The van der Waals surface area contributed by atoms with Gasteiger partial charge in [0.1, 0.15) is 0 Å². The number of halogens is 2. The van der Waals surface area contributed by atoms with Gasteiger partial charge in [-0.3, -0.25) is 0 Å². The molecular weight excluding hydrogens is 227 g/mol. The first-order chi connectivity index (χ1) is 6.97. The molecule has 4 nitrogen and oxygen atoms in total. The number of aromatic hydroxyl groups is 2. The van der Waals surface area contributed by atoms with Crippen LogP contribution in [0.15, 0.2) is 12.1 Å². The second-order valence-electron chi connectivity index (χ2n) is 2.75. The highest BCUT2D eigenvalue weighted by atomic mass is 35.5. The normalized spacial score (nSPS) is 12.2. The minimum atomic E-state index is -2.09. The number of alkyl halides is 1. The summed E-state index contributed by atoms with van der Waals surface area (Å²) in [5.74, 6) is -2.16. The van der Waals surface area contributed by atoms with Crippen molar-refractivity contribution in [2.75, 3.05) is 7.11 Å². The molecule has 0 aliphatic heterocycles. The van der Waals surface area contributed by atoms with Crippen molar-refractivity contribution in [1.29, 1.82) is 0 Å². The molecule has 1 atom stereocenters. The molecule has 1 aromatic rings. The molecule has 2 N–H and O–H groups in total. The molecule has 0 saturated carbocycles. The molecule has 0 spiro atoms. The zero-order chi connectivity index (χ0) is 11.6. The number of hydrogen-bond donors (Lipinski definition) is 2. The van der Waals surface area contributed by atoms with Crippen LogP contribution < -0.4 is 0 Å². The first-order valence-electron chi connectivity index (χ1n) is 3.90. The Morgan fingerprint density at radius 3 is 2.53 bits per heavy atom. The van der Waals surface area contributed by atoms with Crippen molar-refractivity contribution in [1.82, 2.24) is 0 Å². The Morgan fingerprint density at radius 1 is 1.47 bits per heavy atom. The Hall–Kier alpha value is -1.49. The zero-order valence-corrected chi connectivity index (χ0v) is 8.45. The van der Waals surface area contributed by atoms with E-state index >= 15 is 0 Å². The molecule has 0 aromatic heterocycles. The van der Waals surface area contributed by atoms with Gasteiger partial charge >= 0.3 is 5.97 Å². The van der Waals surface area contributed by atoms with Gasteiger partial charge in [-0.15, -0.1) is 0 Å². The van der Waals surface area contributed by atoms with E-state index in [-0.39, 0.29) is 10.6 Å². The molecule has 0 heterocycles. The van der Waals surface area contributed by atoms with E-state index in [1.807, 2.05) is 0 Å². The third kappa shape index (κ3) is 2.30. The van der Waals surface area contributed by atoms with Crippen LogP contribution in [0.3, 0.4) is 0 Å². The maximum Gasteiger partial charge on any atom is 0.345 e. The molecule has 82 valence electrons. The molecule has 0 aliphatic rings. The number of phenolic OH excluding ortho intramolecular Hbond substituents is 2. The maximum absolute atomic E-state index is 13.3. The third-order valence-corrected chi connectivity index (χ3v) is 2.10. The Balaban J connectivity index is 3.14. The Bertz CT molecular complexity index is 394. The van der Waals surface area contributed by atoms with E-state index in [9.17, 15) is 9.18 Å². The molecular formula is C9H8ClFO4. The lowest BCUT2D eigenvalue weighted by Crippen LogP contribution is -2.09. The van der Waals surface area contributed by atoms with E-state index < -0.39 is 23.6 Å². The van der Waals surface area contributed by atoms with E-state index in [1.165, 1.54) is 0 Å². The molecule has 0 radical (unpaired) electrons. The standard InChI is InChI=1S/C9H8ClFO4/c1-15-9(14)8(11)4-2-6(12)7(13)3-5(4)10/h2-3,8,12-13H,1H3. The predicted octanol–water partition coefficient (Wildman–Crippen LogP) is 1.93. The number of carbonyl (C=O) groups is 1. The number of ether oxygens (including phenoxy) is 1. The van der Waals surface area contributed by atoms with Gasteiger partial charge < -0.3 is 14.9 Å². The number of hydrogen-bond acceptors (Lipinski definition) is 4. The van der Waals surface area contributed by atoms with Gasteiger partial charge in [0.25, 0.3) is 0 Å². The van der Waals surface area contributed by atoms with Crippen LogP contribution in [0.2, 0.25) is 5.02 Å². The van der Waals surface area contributed by atoms with E-state index in [0.717, 1.165) is 19.2 Å². The second kappa shape index (κ2) is 4.35. The fourth-order valence-electron chi connectivity index (χ4n) is 0.992. The molecule has 1 rings (SSSR count). The Kier molecular flexibility index (Phi) is 3.36. The van der Waals surface area contributed by atoms with E-state index in [0.29, 0.717) is 0 Å². The van der Waals surface area contributed by atoms with Gasteiger partial charge in [-0.2, -0.15) is 0 Å². The summed E-state index contributed by atoms with van der Waals surface area (Å²) in [6.07, 6.45) is -2.09. The lowest BCUT2D eigenvalue weighted by molar-refractivity contribution is -0.146. The van der Waals surface area contributed by atoms with Crippen LogP contribution >= 0.6 is 11.6 Å². The Morgan fingerprint density at radius 2 is 2.00 bits per heavy atom. The fraction of sp³-hybridized carbons (Fsp3) is 0.222. The van der Waals surface area contributed by atoms with Gasteiger partial charge in [0.05, 0.1) is 12.1 Å². The number of phenols is 2. The first kappa shape index (κ1) is 11.6. The minimum Gasteiger partial charge on any atom is -0.504 e. The molecule has 1 unspecified atom stereocenters. The SMILES string of the molecule is COC(=O)C(F)c1cc(O)c(O)cc1Cl. The van der Waals surface area contributed by atoms with Crippen LogP contribution in [-0.4, -0.2) is 23.3 Å². The van der Waals surface area contributed by atoms with Crippen molar-refractivity contribution in [3.63, 3.8) is 0 Å². The summed E-state index contributed by atoms with van der Waals surface area (Å²) in [6.45, 7) is 0. The molecule has 15 heavy (non-hydrogen) atoms. The largest absolute Gasteiger partial charge is 0.504 e. The van der Waals surface area contributed by atoms with Gasteiger partial charge in [0.2, 0.25) is 6.17 Å². The van der Waals surface area contributed by atoms with Gasteiger partial charge in [0, 0.05) is 11.6 Å². The molecule has 0 saturated heterocycles. The highest BCUT2D eigenvalue weighted by Gasteiger charge is 2.24. The third-order valence-electron chi connectivity index (χ3n) is 1.78. The summed E-state index contributed by atoms with van der Waals surface area (Å²) < 4.78 is 17.5. The van der Waals surface area contributed by atoms with Gasteiger partial charge in [0.15, 0.2) is 11.5 Å². The quantitative estimate of drug-likeness (QED) is 0.606. The monoisotopic (exact) mass is 234 g/mol. The van der Waals surface area contributed by atoms with Crippen molar-refractivity contribution in [3.8, 4) is 11.5 Å². The van der Waals surface area contributed by atoms with Crippen molar-refractivity contribution >= 4 is 17.6 Å². The highest BCUT2D eigenvalue weighted by Crippen LogP contribution is 2.35. The highest BCUT2D eigenvalue weighted by molar-refractivity contribution is 6.31. The maximum atomic E-state index is 13.3. The van der Waals surface area contributed by atoms with Gasteiger partial charge in [-0.05, 0) is 6.07 Å². The van der Waals surface area contributed by atoms with Crippen LogP contribution in [-0.2, 0) is 9.53 Å². The smallest absolute Gasteiger partial charge is 0.345 e. The average molecular weight is 235 g/mol. The fourth-order valence-corrected chi connectivity index (χ4v) is 1.25. The summed E-state index contributed by atoms with van der Waals surface area (Å²) in [5, 5.41) is 18.0. The van der Waals surface area contributed by atoms with Gasteiger partial charge in [-0.25, -0.2) is 9.18 Å². The number of methoxy groups -OCH3 is 1. The topological polar surface area (TPSA) is 66.8 Å². The number of benzene rings is 1. The molecule has 0 aliphatic carbocycles. The number of rotatable bonds is 2. The summed E-state index contributed by atoms with van der Waals surface area (Å²) >= 11 is 5.58. The lowest BCUT2D eigenvalue weighted by Gasteiger charge is -2.09. The molecule has 1 aromatic carbocycles. The molecule has 0 amide bonds. The Labute approximate surface area is 89.9 Å². The van der Waals surface area contributed by atoms with Crippen molar-refractivity contribution in [3.05, 3.63) is 22.7 Å². The van der Waals surface area contributed by atoms with Crippen LogP contribution in [0.4, 0.5) is 4.39 Å². The van der Waals surface area contributed by atoms with Gasteiger partial charge in [-0.1, -0.05) is 11.6 Å². The summed E-state index contributed by atoms with van der Waals surface area (Å²) in [6, 6.07) is 1.82. The summed E-state index contributed by atoms with van der Waals surface area (Å²) in [4.78, 5) is 10.9. The van der Waals surface area contributed by atoms with Crippen LogP contribution in [0.5, 0.6) is 11.5 Å². The van der Waals surface area contributed by atoms with E-state index in [1.54, 1.807) is 0 Å². The molecule has 6 heteroatoms. The van der Waals surface area contributed by atoms with E-state index in [2.05, 4.69) is 4.74 Å². The summed E-state index contributed by atoms with van der Waals surface area (Å²) in [5.41, 5.74) is -0.251. The van der Waals surface area contributed by atoms with E-state index in [4.69, 9.17) is 21.8 Å². The first-order valence-corrected chi connectivity index (χ1v) is 4.28. The van der Waals surface area contributed by atoms with Crippen LogP contribution in [0.1, 0.15) is 11.7 Å². The second-order valence-corrected chi connectivity index (χ2v) is 3.16. The number of carbonyl (C=O) groups excluding carboxylic acids is 1. The average Bonchev–Trinajstić information content (AvgIpc) is 2.21. The predicted molar refractivity (Wildman–Crippen MR) is 50.6 cm³/mol. The van der Waals surface area contributed by atoms with Crippen molar-refractivity contribution in [2.24, 2.45) is 0 Å². The van der Waals surface area contributed by atoms with Crippen molar-refractivity contribution < 1.29 is 24.1 Å². The number of esters is 1. The van der Waals surface area contributed by atoms with Crippen LogP contribution in [0, 0.1) is 0 Å². The van der Waals surface area contributed by atoms with Crippen LogP contribution in [0.25, 0.3) is 0 Å². The van der Waals surface area contributed by atoms with Crippen molar-refractivity contribution in [2.45, 2.75) is 6.17 Å².